The van der Waals surface area contributed by atoms with E-state index in [2.05, 4.69) is 35.2 Å². The zero-order valence-corrected chi connectivity index (χ0v) is 15.4. The Labute approximate surface area is 152 Å². The summed E-state index contributed by atoms with van der Waals surface area (Å²) in [6.07, 6.45) is 12.5. The van der Waals surface area contributed by atoms with Crippen molar-refractivity contribution in [2.24, 2.45) is 17.3 Å². The van der Waals surface area contributed by atoms with Crippen LogP contribution >= 0.6 is 0 Å². The molecule has 2 nitrogen and oxygen atoms in total. The van der Waals surface area contributed by atoms with E-state index < -0.39 is 0 Å². The Morgan fingerprint density at radius 2 is 1.52 bits per heavy atom. The van der Waals surface area contributed by atoms with Gasteiger partial charge in [-0.1, -0.05) is 43.2 Å². The topological polar surface area (TPSA) is 20.3 Å². The van der Waals surface area contributed by atoms with E-state index in [9.17, 15) is 4.79 Å². The standard InChI is InChI=1S/C23H31NO/c25-21(24-10-6-1-2-7-11-24)23-15-18-12-19(16-23)14-22(13-18,17-23)20-8-4-3-5-9-20/h3-5,8-9,18-19H,1-2,6-7,10-17H2. The summed E-state index contributed by atoms with van der Waals surface area (Å²) in [6, 6.07) is 11.2. The van der Waals surface area contributed by atoms with E-state index >= 15 is 0 Å². The van der Waals surface area contributed by atoms with Crippen molar-refractivity contribution >= 4 is 5.91 Å². The third kappa shape index (κ3) is 2.55. The van der Waals surface area contributed by atoms with Crippen molar-refractivity contribution in [3.05, 3.63) is 35.9 Å². The van der Waals surface area contributed by atoms with Crippen LogP contribution in [0.3, 0.4) is 0 Å². The number of rotatable bonds is 2. The Bertz CT molecular complexity index is 629. The first kappa shape index (κ1) is 15.9. The molecule has 0 aromatic heterocycles. The summed E-state index contributed by atoms with van der Waals surface area (Å²) >= 11 is 0. The summed E-state index contributed by atoms with van der Waals surface area (Å²) in [4.78, 5) is 16.0. The summed E-state index contributed by atoms with van der Waals surface area (Å²) in [6.45, 7) is 2.02. The van der Waals surface area contributed by atoms with E-state index in [4.69, 9.17) is 0 Å². The molecule has 2 unspecified atom stereocenters. The molecule has 5 fully saturated rings. The van der Waals surface area contributed by atoms with Crippen molar-refractivity contribution in [1.29, 1.82) is 0 Å². The molecule has 4 bridgehead atoms. The van der Waals surface area contributed by atoms with Gasteiger partial charge >= 0.3 is 0 Å². The fourth-order valence-electron chi connectivity index (χ4n) is 7.25. The van der Waals surface area contributed by atoms with Gasteiger partial charge in [-0.15, -0.1) is 0 Å². The van der Waals surface area contributed by atoms with Gasteiger partial charge in [-0.25, -0.2) is 0 Å². The van der Waals surface area contributed by atoms with E-state index in [1.807, 2.05) is 0 Å². The molecule has 1 amide bonds. The van der Waals surface area contributed by atoms with Crippen LogP contribution in [0.1, 0.15) is 69.8 Å². The molecule has 0 radical (unpaired) electrons. The zero-order valence-electron chi connectivity index (χ0n) is 15.4. The first-order valence-corrected chi connectivity index (χ1v) is 10.5. The first-order chi connectivity index (χ1) is 12.2. The zero-order chi connectivity index (χ0) is 16.9. The SMILES string of the molecule is O=C(N1CCCCCC1)C12CC3CC(C1)CC(c1ccccc1)(C3)C2. The van der Waals surface area contributed by atoms with Crippen LogP contribution in [0.25, 0.3) is 0 Å². The lowest BCUT2D eigenvalue weighted by molar-refractivity contribution is -0.160. The molecule has 4 saturated carbocycles. The van der Waals surface area contributed by atoms with Gasteiger partial charge in [-0.05, 0) is 74.2 Å². The maximum Gasteiger partial charge on any atom is 0.228 e. The Morgan fingerprint density at radius 1 is 0.880 bits per heavy atom. The van der Waals surface area contributed by atoms with Crippen LogP contribution in [0.4, 0.5) is 0 Å². The fraction of sp³-hybridized carbons (Fsp3) is 0.696. The Hall–Kier alpha value is -1.31. The maximum absolute atomic E-state index is 13.7. The lowest BCUT2D eigenvalue weighted by Crippen LogP contribution is -2.59. The molecule has 0 spiro atoms. The molecule has 2 atom stereocenters. The number of nitrogens with zero attached hydrogens (tertiary/aromatic N) is 1. The number of amides is 1. The molecule has 4 aliphatic carbocycles. The van der Waals surface area contributed by atoms with Gasteiger partial charge in [0.1, 0.15) is 0 Å². The van der Waals surface area contributed by atoms with Crippen molar-refractivity contribution in [1.82, 2.24) is 4.90 Å². The summed E-state index contributed by atoms with van der Waals surface area (Å²) in [5.74, 6) is 2.08. The van der Waals surface area contributed by atoms with Gasteiger partial charge in [-0.2, -0.15) is 0 Å². The van der Waals surface area contributed by atoms with Crippen molar-refractivity contribution in [3.8, 4) is 0 Å². The van der Waals surface area contributed by atoms with Gasteiger partial charge in [0.15, 0.2) is 0 Å². The molecular formula is C23H31NO. The number of likely N-dealkylation sites (tertiary alicyclic amines) is 1. The number of hydrogen-bond donors (Lipinski definition) is 0. The Kier molecular flexibility index (Phi) is 3.73. The maximum atomic E-state index is 13.7. The molecule has 1 saturated heterocycles. The lowest BCUT2D eigenvalue weighted by Gasteiger charge is -2.62. The number of carbonyl (C=O) groups excluding carboxylic acids is 1. The van der Waals surface area contributed by atoms with E-state index in [1.165, 1.54) is 63.4 Å². The van der Waals surface area contributed by atoms with Gasteiger partial charge in [-0.3, -0.25) is 4.79 Å². The largest absolute Gasteiger partial charge is 0.342 e. The summed E-state index contributed by atoms with van der Waals surface area (Å²) in [5, 5.41) is 0. The van der Waals surface area contributed by atoms with E-state index in [1.54, 1.807) is 0 Å². The van der Waals surface area contributed by atoms with Gasteiger partial charge < -0.3 is 4.90 Å². The fourth-order valence-corrected chi connectivity index (χ4v) is 7.25. The second kappa shape index (κ2) is 5.86. The van der Waals surface area contributed by atoms with Crippen LogP contribution in [0.2, 0.25) is 0 Å². The highest BCUT2D eigenvalue weighted by molar-refractivity contribution is 5.83. The molecule has 2 heteroatoms. The van der Waals surface area contributed by atoms with Crippen molar-refractivity contribution in [3.63, 3.8) is 0 Å². The number of benzene rings is 1. The normalized spacial score (nSPS) is 40.1. The lowest BCUT2D eigenvalue weighted by atomic mass is 9.42. The molecular weight excluding hydrogens is 306 g/mol. The third-order valence-corrected chi connectivity index (χ3v) is 7.79. The quantitative estimate of drug-likeness (QED) is 0.749. The van der Waals surface area contributed by atoms with Gasteiger partial charge in [0, 0.05) is 13.1 Å². The van der Waals surface area contributed by atoms with Crippen molar-refractivity contribution in [2.75, 3.05) is 13.1 Å². The first-order valence-electron chi connectivity index (χ1n) is 10.5. The van der Waals surface area contributed by atoms with Crippen molar-refractivity contribution < 1.29 is 4.79 Å². The summed E-state index contributed by atoms with van der Waals surface area (Å²) in [7, 11) is 0. The molecule has 1 aliphatic heterocycles. The molecule has 6 rings (SSSR count). The number of hydrogen-bond acceptors (Lipinski definition) is 1. The minimum absolute atomic E-state index is 0.0374. The third-order valence-electron chi connectivity index (χ3n) is 7.79. The minimum Gasteiger partial charge on any atom is -0.342 e. The van der Waals surface area contributed by atoms with Crippen LogP contribution in [-0.4, -0.2) is 23.9 Å². The van der Waals surface area contributed by atoms with Gasteiger partial charge in [0.25, 0.3) is 0 Å². The molecule has 1 aromatic rings. The van der Waals surface area contributed by atoms with Crippen LogP contribution in [0, 0.1) is 17.3 Å². The van der Waals surface area contributed by atoms with E-state index in [0.717, 1.165) is 31.3 Å². The highest BCUT2D eigenvalue weighted by atomic mass is 16.2. The molecule has 25 heavy (non-hydrogen) atoms. The van der Waals surface area contributed by atoms with Crippen LogP contribution in [-0.2, 0) is 10.2 Å². The summed E-state index contributed by atoms with van der Waals surface area (Å²) < 4.78 is 0. The average Bonchev–Trinajstić information content (AvgIpc) is 2.90. The predicted molar refractivity (Wildman–Crippen MR) is 100 cm³/mol. The molecule has 1 heterocycles. The average molecular weight is 338 g/mol. The van der Waals surface area contributed by atoms with Gasteiger partial charge in [0.05, 0.1) is 5.41 Å². The highest BCUT2D eigenvalue weighted by Crippen LogP contribution is 2.66. The number of carbonyl (C=O) groups is 1. The Balaban J connectivity index is 1.48. The van der Waals surface area contributed by atoms with E-state index in [-0.39, 0.29) is 10.8 Å². The second-order valence-corrected chi connectivity index (χ2v) is 9.59. The highest BCUT2D eigenvalue weighted by Gasteiger charge is 2.61. The molecule has 0 N–H and O–H groups in total. The van der Waals surface area contributed by atoms with Crippen LogP contribution < -0.4 is 0 Å². The second-order valence-electron chi connectivity index (χ2n) is 9.59. The predicted octanol–water partition coefficient (Wildman–Crippen LogP) is 4.93. The van der Waals surface area contributed by atoms with Crippen molar-refractivity contribution in [2.45, 2.75) is 69.6 Å². The monoisotopic (exact) mass is 337 g/mol. The van der Waals surface area contributed by atoms with E-state index in [0.29, 0.717) is 5.91 Å². The molecule has 5 aliphatic rings. The Morgan fingerprint density at radius 3 is 2.16 bits per heavy atom. The van der Waals surface area contributed by atoms with Crippen LogP contribution in [0.5, 0.6) is 0 Å². The summed E-state index contributed by atoms with van der Waals surface area (Å²) in [5.41, 5.74) is 1.76. The van der Waals surface area contributed by atoms with Gasteiger partial charge in [0.2, 0.25) is 5.91 Å². The molecule has 134 valence electrons. The smallest absolute Gasteiger partial charge is 0.228 e. The molecule has 1 aromatic carbocycles. The van der Waals surface area contributed by atoms with Crippen LogP contribution in [0.15, 0.2) is 30.3 Å². The minimum atomic E-state index is -0.0374.